The summed E-state index contributed by atoms with van der Waals surface area (Å²) in [7, 11) is 1.41. The molecule has 7 nitrogen and oxygen atoms in total. The molecule has 1 aliphatic heterocycles. The van der Waals surface area contributed by atoms with Crippen LogP contribution in [-0.4, -0.2) is 33.0 Å². The predicted octanol–water partition coefficient (Wildman–Crippen LogP) is 3.14. The normalized spacial score (nSPS) is 16.7. The van der Waals surface area contributed by atoms with Gasteiger partial charge in [0, 0.05) is 30.9 Å². The topological polar surface area (TPSA) is 81.4 Å². The fourth-order valence-electron chi connectivity index (χ4n) is 3.18. The van der Waals surface area contributed by atoms with Gasteiger partial charge < -0.3 is 14.2 Å². The van der Waals surface area contributed by atoms with Gasteiger partial charge in [-0.05, 0) is 36.2 Å². The van der Waals surface area contributed by atoms with Crippen LogP contribution in [0.1, 0.15) is 30.3 Å². The number of ether oxygens (including phenoxy) is 1. The number of hydrogen-bond acceptors (Lipinski definition) is 6. The van der Waals surface area contributed by atoms with Crippen molar-refractivity contribution in [3.63, 3.8) is 0 Å². The van der Waals surface area contributed by atoms with Gasteiger partial charge in [0.2, 0.25) is 17.6 Å². The van der Waals surface area contributed by atoms with Crippen LogP contribution in [-0.2, 0) is 11.3 Å². The maximum Gasteiger partial charge on any atom is 0.249 e. The zero-order valence-electron chi connectivity index (χ0n) is 14.6. The van der Waals surface area contributed by atoms with Crippen LogP contribution in [0, 0.1) is 5.82 Å². The number of benzene rings is 1. The predicted molar refractivity (Wildman–Crippen MR) is 93.0 cm³/mol. The Kier molecular flexibility index (Phi) is 4.53. The van der Waals surface area contributed by atoms with Gasteiger partial charge in [-0.15, -0.1) is 0 Å². The molecule has 1 amide bonds. The molecule has 1 atom stereocenters. The van der Waals surface area contributed by atoms with E-state index in [1.165, 1.54) is 13.2 Å². The first-order valence-corrected chi connectivity index (χ1v) is 8.51. The maximum absolute atomic E-state index is 14.0. The molecule has 0 N–H and O–H groups in total. The molecule has 0 saturated carbocycles. The Morgan fingerprint density at radius 2 is 2.26 bits per heavy atom. The van der Waals surface area contributed by atoms with E-state index in [2.05, 4.69) is 15.1 Å². The van der Waals surface area contributed by atoms with Crippen LogP contribution in [0.25, 0.3) is 11.4 Å². The zero-order chi connectivity index (χ0) is 18.8. The Bertz CT molecular complexity index is 961. The summed E-state index contributed by atoms with van der Waals surface area (Å²) in [5.74, 6) is 0.467. The molecular weight excluding hydrogens is 351 g/mol. The number of nitrogens with zero attached hydrogens (tertiary/aromatic N) is 4. The van der Waals surface area contributed by atoms with Crippen molar-refractivity contribution in [3.05, 3.63) is 60.0 Å². The van der Waals surface area contributed by atoms with Crippen molar-refractivity contribution in [2.45, 2.75) is 25.4 Å². The molecule has 0 aliphatic carbocycles. The first-order valence-electron chi connectivity index (χ1n) is 8.51. The number of likely N-dealkylation sites (tertiary alicyclic amines) is 1. The van der Waals surface area contributed by atoms with Crippen LogP contribution < -0.4 is 4.74 Å². The molecular formula is C19H17FN4O3. The summed E-state index contributed by atoms with van der Waals surface area (Å²) in [4.78, 5) is 22.5. The molecule has 1 aromatic carbocycles. The lowest BCUT2D eigenvalue weighted by Crippen LogP contribution is -2.27. The van der Waals surface area contributed by atoms with Crippen molar-refractivity contribution < 1.29 is 18.4 Å². The van der Waals surface area contributed by atoms with Crippen LogP contribution >= 0.6 is 0 Å². The molecule has 0 bridgehead atoms. The second kappa shape index (κ2) is 7.14. The Morgan fingerprint density at radius 1 is 1.37 bits per heavy atom. The average Bonchev–Trinajstić information content (AvgIpc) is 3.30. The van der Waals surface area contributed by atoms with Crippen molar-refractivity contribution in [1.82, 2.24) is 20.0 Å². The molecule has 1 aliphatic rings. The van der Waals surface area contributed by atoms with E-state index in [1.807, 2.05) is 6.07 Å². The summed E-state index contributed by atoms with van der Waals surface area (Å²) in [5, 5.41) is 3.99. The van der Waals surface area contributed by atoms with Crippen LogP contribution in [0.5, 0.6) is 5.75 Å². The Labute approximate surface area is 154 Å². The third-order valence-corrected chi connectivity index (χ3v) is 4.54. The van der Waals surface area contributed by atoms with Crippen molar-refractivity contribution >= 4 is 5.91 Å². The summed E-state index contributed by atoms with van der Waals surface area (Å²) in [6.45, 7) is 0.259. The highest BCUT2D eigenvalue weighted by atomic mass is 19.1. The highest BCUT2D eigenvalue weighted by Crippen LogP contribution is 2.34. The SMILES string of the molecule is COc1ccc(CN2C(=O)CCC2c2nc(-c3cccnc3)no2)cc1F. The lowest BCUT2D eigenvalue weighted by Gasteiger charge is -2.22. The molecule has 3 heterocycles. The van der Waals surface area contributed by atoms with Gasteiger partial charge in [0.15, 0.2) is 11.6 Å². The Balaban J connectivity index is 1.57. The molecule has 4 rings (SSSR count). The van der Waals surface area contributed by atoms with Gasteiger partial charge in [-0.3, -0.25) is 9.78 Å². The molecule has 3 aromatic rings. The summed E-state index contributed by atoms with van der Waals surface area (Å²) in [6, 6.07) is 7.94. The number of hydrogen-bond donors (Lipinski definition) is 0. The van der Waals surface area contributed by atoms with Gasteiger partial charge in [-0.2, -0.15) is 4.98 Å². The minimum atomic E-state index is -0.463. The highest BCUT2D eigenvalue weighted by Gasteiger charge is 2.36. The maximum atomic E-state index is 14.0. The molecule has 1 unspecified atom stereocenters. The summed E-state index contributed by atoms with van der Waals surface area (Å²) in [6.07, 6.45) is 4.27. The van der Waals surface area contributed by atoms with E-state index in [4.69, 9.17) is 9.26 Å². The van der Waals surface area contributed by atoms with Crippen molar-refractivity contribution in [1.29, 1.82) is 0 Å². The van der Waals surface area contributed by atoms with E-state index in [0.29, 0.717) is 30.1 Å². The number of carbonyl (C=O) groups is 1. The summed E-state index contributed by atoms with van der Waals surface area (Å²) in [5.41, 5.74) is 1.40. The summed E-state index contributed by atoms with van der Waals surface area (Å²) >= 11 is 0. The molecule has 2 aromatic heterocycles. The van der Waals surface area contributed by atoms with Crippen LogP contribution in [0.4, 0.5) is 4.39 Å². The molecule has 0 spiro atoms. The number of halogens is 1. The lowest BCUT2D eigenvalue weighted by molar-refractivity contribution is -0.130. The van der Waals surface area contributed by atoms with Gasteiger partial charge >= 0.3 is 0 Å². The Morgan fingerprint density at radius 3 is 3.00 bits per heavy atom. The van der Waals surface area contributed by atoms with Gasteiger partial charge in [0.25, 0.3) is 0 Å². The van der Waals surface area contributed by atoms with Crippen LogP contribution in [0.15, 0.2) is 47.2 Å². The average molecular weight is 368 g/mol. The fourth-order valence-corrected chi connectivity index (χ4v) is 3.18. The number of amides is 1. The van der Waals surface area contributed by atoms with Crippen molar-refractivity contribution in [2.75, 3.05) is 7.11 Å². The first-order chi connectivity index (χ1) is 13.2. The highest BCUT2D eigenvalue weighted by molar-refractivity contribution is 5.78. The number of carbonyl (C=O) groups excluding carboxylic acids is 1. The molecule has 0 radical (unpaired) electrons. The minimum absolute atomic E-state index is 0.0302. The smallest absolute Gasteiger partial charge is 0.249 e. The largest absolute Gasteiger partial charge is 0.494 e. The van der Waals surface area contributed by atoms with E-state index in [9.17, 15) is 9.18 Å². The molecule has 8 heteroatoms. The quantitative estimate of drug-likeness (QED) is 0.688. The first kappa shape index (κ1) is 17.1. The number of rotatable bonds is 5. The van der Waals surface area contributed by atoms with Crippen molar-refractivity contribution in [2.24, 2.45) is 0 Å². The second-order valence-corrected chi connectivity index (χ2v) is 6.24. The molecule has 1 fully saturated rings. The number of aromatic nitrogens is 3. The Hall–Kier alpha value is -3.29. The molecule has 1 saturated heterocycles. The van der Waals surface area contributed by atoms with Gasteiger partial charge in [0.1, 0.15) is 6.04 Å². The molecule has 138 valence electrons. The van der Waals surface area contributed by atoms with Crippen molar-refractivity contribution in [3.8, 4) is 17.1 Å². The third-order valence-electron chi connectivity index (χ3n) is 4.54. The van der Waals surface area contributed by atoms with E-state index < -0.39 is 5.82 Å². The van der Waals surface area contributed by atoms with Gasteiger partial charge in [0.05, 0.1) is 7.11 Å². The van der Waals surface area contributed by atoms with Crippen LogP contribution in [0.3, 0.4) is 0 Å². The van der Waals surface area contributed by atoms with E-state index in [1.54, 1.807) is 35.5 Å². The minimum Gasteiger partial charge on any atom is -0.494 e. The van der Waals surface area contributed by atoms with Crippen LogP contribution in [0.2, 0.25) is 0 Å². The number of methoxy groups -OCH3 is 1. The standard InChI is InChI=1S/C19H17FN4O3/c1-26-16-6-4-12(9-14(16)20)11-24-15(5-7-17(24)25)19-22-18(23-27-19)13-3-2-8-21-10-13/h2-4,6,8-10,15H,5,7,11H2,1H3. The lowest BCUT2D eigenvalue weighted by atomic mass is 10.1. The fraction of sp³-hybridized carbons (Fsp3) is 0.263. The van der Waals surface area contributed by atoms with E-state index in [-0.39, 0.29) is 24.2 Å². The monoisotopic (exact) mass is 368 g/mol. The summed E-state index contributed by atoms with van der Waals surface area (Å²) < 4.78 is 24.3. The molecule has 27 heavy (non-hydrogen) atoms. The zero-order valence-corrected chi connectivity index (χ0v) is 14.6. The van der Waals surface area contributed by atoms with Gasteiger partial charge in [-0.25, -0.2) is 4.39 Å². The van der Waals surface area contributed by atoms with Gasteiger partial charge in [-0.1, -0.05) is 11.2 Å². The van der Waals surface area contributed by atoms with E-state index >= 15 is 0 Å². The third kappa shape index (κ3) is 3.38. The van der Waals surface area contributed by atoms with E-state index in [0.717, 1.165) is 5.56 Å². The number of pyridine rings is 1. The second-order valence-electron chi connectivity index (χ2n) is 6.24.